The molecule has 0 fully saturated rings. The summed E-state index contributed by atoms with van der Waals surface area (Å²) in [5, 5.41) is 6.38. The number of amides is 3. The van der Waals surface area contributed by atoms with Crippen LogP contribution in [0.15, 0.2) is 48.2 Å². The molecule has 0 aliphatic carbocycles. The minimum atomic E-state index is -1.75. The van der Waals surface area contributed by atoms with E-state index >= 15 is 0 Å². The van der Waals surface area contributed by atoms with Gasteiger partial charge in [0.05, 0.1) is 12.2 Å². The summed E-state index contributed by atoms with van der Waals surface area (Å²) in [6, 6.07) is 9.99. The van der Waals surface area contributed by atoms with Gasteiger partial charge in [0.25, 0.3) is 5.91 Å². The lowest BCUT2D eigenvalue weighted by molar-refractivity contribution is -0.145. The molecule has 0 aromatic heterocycles. The van der Waals surface area contributed by atoms with Crippen LogP contribution in [-0.4, -0.2) is 36.8 Å². The van der Waals surface area contributed by atoms with E-state index in [2.05, 4.69) is 10.6 Å². The molecule has 0 aliphatic heterocycles. The van der Waals surface area contributed by atoms with Gasteiger partial charge in [-0.05, 0) is 23.8 Å². The van der Waals surface area contributed by atoms with E-state index in [4.69, 9.17) is 4.74 Å². The van der Waals surface area contributed by atoms with Crippen LogP contribution >= 0.6 is 0 Å². The number of ether oxygens (including phenoxy) is 1. The van der Waals surface area contributed by atoms with Gasteiger partial charge >= 0.3 is 5.97 Å². The molecule has 11 heteroatoms. The molecular formula is C21H18F3N3O5. The fourth-order valence-corrected chi connectivity index (χ4v) is 2.31. The van der Waals surface area contributed by atoms with Crippen LogP contribution in [0.25, 0.3) is 6.08 Å². The normalized spacial score (nSPS) is 10.8. The Morgan fingerprint density at radius 3 is 2.28 bits per heavy atom. The van der Waals surface area contributed by atoms with Gasteiger partial charge in [0, 0.05) is 6.92 Å². The van der Waals surface area contributed by atoms with Crippen molar-refractivity contribution in [2.45, 2.75) is 6.92 Å². The van der Waals surface area contributed by atoms with E-state index < -0.39 is 60.0 Å². The average Bonchev–Trinajstić information content (AvgIpc) is 2.76. The van der Waals surface area contributed by atoms with Gasteiger partial charge in [-0.25, -0.2) is 18.0 Å². The number of anilines is 1. The second-order valence-corrected chi connectivity index (χ2v) is 6.27. The smallest absolute Gasteiger partial charge is 0.355 e. The molecule has 8 nitrogen and oxygen atoms in total. The number of hydrogen-bond acceptors (Lipinski definition) is 5. The zero-order chi connectivity index (χ0) is 23.7. The largest absolute Gasteiger partial charge is 0.451 e. The number of benzene rings is 2. The van der Waals surface area contributed by atoms with E-state index in [9.17, 15) is 32.3 Å². The van der Waals surface area contributed by atoms with Gasteiger partial charge in [-0.3, -0.25) is 14.4 Å². The number of hydrogen-bond donors (Lipinski definition) is 3. The third-order valence-electron chi connectivity index (χ3n) is 3.73. The SMILES string of the molecule is CC(=O)N/C(=C/c1ccccc1)C(=O)OCC(=O)NCC(=O)Nc1ccc(F)c(F)c1F. The summed E-state index contributed by atoms with van der Waals surface area (Å²) in [7, 11) is 0. The fraction of sp³-hybridized carbons (Fsp3) is 0.143. The highest BCUT2D eigenvalue weighted by atomic mass is 19.2. The minimum absolute atomic E-state index is 0.206. The van der Waals surface area contributed by atoms with Crippen molar-refractivity contribution in [3.8, 4) is 0 Å². The maximum atomic E-state index is 13.5. The third-order valence-corrected chi connectivity index (χ3v) is 3.73. The Balaban J connectivity index is 1.87. The first-order valence-electron chi connectivity index (χ1n) is 9.09. The van der Waals surface area contributed by atoms with E-state index in [1.807, 2.05) is 5.32 Å². The molecule has 3 amide bonds. The Bertz CT molecular complexity index is 1060. The number of esters is 1. The van der Waals surface area contributed by atoms with Crippen LogP contribution in [0.1, 0.15) is 12.5 Å². The highest BCUT2D eigenvalue weighted by Crippen LogP contribution is 2.19. The Kier molecular flexibility index (Phi) is 8.52. The first-order chi connectivity index (χ1) is 15.2. The van der Waals surface area contributed by atoms with Crippen LogP contribution in [0.5, 0.6) is 0 Å². The van der Waals surface area contributed by atoms with Crippen LogP contribution < -0.4 is 16.0 Å². The number of rotatable bonds is 8. The molecule has 0 saturated carbocycles. The maximum Gasteiger partial charge on any atom is 0.355 e. The number of carbonyl (C=O) groups is 4. The average molecular weight is 449 g/mol. The van der Waals surface area contributed by atoms with Gasteiger partial charge in [0.2, 0.25) is 11.8 Å². The molecule has 0 aliphatic rings. The zero-order valence-electron chi connectivity index (χ0n) is 16.7. The van der Waals surface area contributed by atoms with Crippen LogP contribution in [0.2, 0.25) is 0 Å². The second kappa shape index (κ2) is 11.3. The van der Waals surface area contributed by atoms with Crippen molar-refractivity contribution < 1.29 is 37.1 Å². The van der Waals surface area contributed by atoms with E-state index in [1.54, 1.807) is 30.3 Å². The van der Waals surface area contributed by atoms with Crippen molar-refractivity contribution >= 4 is 35.5 Å². The molecule has 3 N–H and O–H groups in total. The van der Waals surface area contributed by atoms with E-state index in [1.165, 1.54) is 13.0 Å². The van der Waals surface area contributed by atoms with Gasteiger partial charge in [-0.1, -0.05) is 30.3 Å². The predicted molar refractivity (Wildman–Crippen MR) is 107 cm³/mol. The summed E-state index contributed by atoms with van der Waals surface area (Å²) in [5.41, 5.74) is -0.220. The molecular weight excluding hydrogens is 431 g/mol. The summed E-state index contributed by atoms with van der Waals surface area (Å²) in [4.78, 5) is 47.1. The molecule has 0 bridgehead atoms. The number of nitrogens with one attached hydrogen (secondary N) is 3. The van der Waals surface area contributed by atoms with Gasteiger partial charge in [-0.2, -0.15) is 0 Å². The molecule has 0 unspecified atom stereocenters. The quantitative estimate of drug-likeness (QED) is 0.324. The van der Waals surface area contributed by atoms with E-state index in [-0.39, 0.29) is 5.70 Å². The van der Waals surface area contributed by atoms with Crippen molar-refractivity contribution in [2.24, 2.45) is 0 Å². The van der Waals surface area contributed by atoms with Gasteiger partial charge in [0.1, 0.15) is 5.70 Å². The Hall–Kier alpha value is -4.15. The molecule has 0 spiro atoms. The third kappa shape index (κ3) is 7.27. The minimum Gasteiger partial charge on any atom is -0.451 e. The lowest BCUT2D eigenvalue weighted by Crippen LogP contribution is -2.36. The highest BCUT2D eigenvalue weighted by Gasteiger charge is 2.17. The topological polar surface area (TPSA) is 114 Å². The van der Waals surface area contributed by atoms with Gasteiger partial charge < -0.3 is 20.7 Å². The molecule has 32 heavy (non-hydrogen) atoms. The lowest BCUT2D eigenvalue weighted by Gasteiger charge is -2.10. The maximum absolute atomic E-state index is 13.5. The van der Waals surface area contributed by atoms with E-state index in [0.717, 1.165) is 6.07 Å². The molecule has 168 valence electrons. The highest BCUT2D eigenvalue weighted by molar-refractivity contribution is 5.99. The fourth-order valence-electron chi connectivity index (χ4n) is 2.31. The summed E-state index contributed by atoms with van der Waals surface area (Å²) in [6.45, 7) is -0.252. The monoisotopic (exact) mass is 449 g/mol. The van der Waals surface area contributed by atoms with Crippen LogP contribution in [0.3, 0.4) is 0 Å². The molecule has 0 atom stereocenters. The van der Waals surface area contributed by atoms with Crippen molar-refractivity contribution in [1.82, 2.24) is 10.6 Å². The first kappa shape index (κ1) is 24.1. The Morgan fingerprint density at radius 2 is 1.62 bits per heavy atom. The van der Waals surface area contributed by atoms with Gasteiger partial charge in [0.15, 0.2) is 24.1 Å². The molecule has 0 heterocycles. The lowest BCUT2D eigenvalue weighted by atomic mass is 10.2. The van der Waals surface area contributed by atoms with Crippen LogP contribution in [-0.2, 0) is 23.9 Å². The van der Waals surface area contributed by atoms with Crippen LogP contribution in [0.4, 0.5) is 18.9 Å². The summed E-state index contributed by atoms with van der Waals surface area (Å²) >= 11 is 0. The van der Waals surface area contributed by atoms with E-state index in [0.29, 0.717) is 11.6 Å². The summed E-state index contributed by atoms with van der Waals surface area (Å²) in [6.07, 6.45) is 1.35. The van der Waals surface area contributed by atoms with Crippen LogP contribution in [0, 0.1) is 17.5 Å². The number of carbonyl (C=O) groups excluding carboxylic acids is 4. The second-order valence-electron chi connectivity index (χ2n) is 6.27. The predicted octanol–water partition coefficient (Wildman–Crippen LogP) is 1.88. The summed E-state index contributed by atoms with van der Waals surface area (Å²) in [5.74, 6) is -8.09. The molecule has 0 radical (unpaired) electrons. The van der Waals surface area contributed by atoms with Crippen molar-refractivity contribution in [2.75, 3.05) is 18.5 Å². The van der Waals surface area contributed by atoms with Crippen molar-refractivity contribution in [3.63, 3.8) is 0 Å². The standard InChI is InChI=1S/C21H18F3N3O5/c1-12(28)26-16(9-13-5-3-2-4-6-13)21(31)32-11-18(30)25-10-17(29)27-15-8-7-14(22)19(23)20(15)24/h2-9H,10-11H2,1H3,(H,25,30)(H,26,28)(H,27,29)/b16-9+. The summed E-state index contributed by atoms with van der Waals surface area (Å²) < 4.78 is 44.4. The Labute approximate surface area is 180 Å². The first-order valence-corrected chi connectivity index (χ1v) is 9.09. The molecule has 2 aromatic carbocycles. The number of halogens is 3. The van der Waals surface area contributed by atoms with Gasteiger partial charge in [-0.15, -0.1) is 0 Å². The van der Waals surface area contributed by atoms with Crippen molar-refractivity contribution in [1.29, 1.82) is 0 Å². The Morgan fingerprint density at radius 1 is 0.938 bits per heavy atom. The molecule has 2 rings (SSSR count). The zero-order valence-corrected chi connectivity index (χ0v) is 16.7. The molecule has 2 aromatic rings. The molecule has 0 saturated heterocycles. The van der Waals surface area contributed by atoms with Crippen molar-refractivity contribution in [3.05, 3.63) is 71.2 Å².